The second-order valence-corrected chi connectivity index (χ2v) is 5.42. The third-order valence-corrected chi connectivity index (χ3v) is 4.44. The lowest BCUT2D eigenvalue weighted by molar-refractivity contribution is 1.29. The number of nitrogens with zero attached hydrogens (tertiary/aromatic N) is 1. The Morgan fingerprint density at radius 2 is 2.33 bits per heavy atom. The molecule has 2 aromatic rings. The Morgan fingerprint density at radius 1 is 1.47 bits per heavy atom. The van der Waals surface area contributed by atoms with Gasteiger partial charge in [-0.15, -0.1) is 11.3 Å². The van der Waals surface area contributed by atoms with Crippen molar-refractivity contribution < 1.29 is 0 Å². The summed E-state index contributed by atoms with van der Waals surface area (Å²) in [5.74, 6) is 0. The highest BCUT2D eigenvalue weighted by Crippen LogP contribution is 2.43. The first-order chi connectivity index (χ1) is 7.29. The van der Waals surface area contributed by atoms with Crippen LogP contribution in [0, 0.1) is 0 Å². The van der Waals surface area contributed by atoms with E-state index in [-0.39, 0.29) is 0 Å². The van der Waals surface area contributed by atoms with Crippen LogP contribution >= 0.6 is 27.3 Å². The van der Waals surface area contributed by atoms with Gasteiger partial charge in [-0.3, -0.25) is 0 Å². The second kappa shape index (κ2) is 3.32. The van der Waals surface area contributed by atoms with E-state index in [1.165, 1.54) is 20.5 Å². The molecule has 1 heterocycles. The Kier molecular flexibility index (Phi) is 2.07. The highest BCUT2D eigenvalue weighted by atomic mass is 79.9. The predicted octanol–water partition coefficient (Wildman–Crippen LogP) is 3.52. The number of anilines is 1. The van der Waals surface area contributed by atoms with Crippen molar-refractivity contribution >= 4 is 32.4 Å². The average molecular weight is 281 g/mol. The summed E-state index contributed by atoms with van der Waals surface area (Å²) in [7, 11) is 1.91. The molecule has 76 valence electrons. The molecule has 1 aliphatic carbocycles. The third-order valence-electron chi connectivity index (χ3n) is 2.62. The van der Waals surface area contributed by atoms with Crippen molar-refractivity contribution in [3.05, 3.63) is 33.1 Å². The summed E-state index contributed by atoms with van der Waals surface area (Å²) in [6, 6.07) is 6.30. The van der Waals surface area contributed by atoms with Crippen molar-refractivity contribution in [2.75, 3.05) is 12.4 Å². The number of fused-ring (bicyclic) bond motifs is 3. The van der Waals surface area contributed by atoms with Gasteiger partial charge in [-0.2, -0.15) is 0 Å². The molecule has 0 unspecified atom stereocenters. The maximum atomic E-state index is 4.58. The quantitative estimate of drug-likeness (QED) is 0.738. The molecule has 15 heavy (non-hydrogen) atoms. The number of benzene rings is 1. The fourth-order valence-electron chi connectivity index (χ4n) is 1.91. The molecular weight excluding hydrogens is 272 g/mol. The number of halogens is 1. The molecule has 0 fully saturated rings. The SMILES string of the molecule is CNc1nc2c(s1)Cc1c(Br)cccc1-2. The lowest BCUT2D eigenvalue weighted by Gasteiger charge is -2.01. The monoisotopic (exact) mass is 280 g/mol. The number of rotatable bonds is 1. The number of hydrogen-bond donors (Lipinski definition) is 1. The molecule has 1 aromatic heterocycles. The maximum absolute atomic E-state index is 4.58. The second-order valence-electron chi connectivity index (χ2n) is 3.48. The normalized spacial score (nSPS) is 12.4. The number of nitrogens with one attached hydrogen (secondary N) is 1. The smallest absolute Gasteiger partial charge is 0.183 e. The van der Waals surface area contributed by atoms with Crippen LogP contribution in [0.25, 0.3) is 11.3 Å². The van der Waals surface area contributed by atoms with Crippen LogP contribution in [0.15, 0.2) is 22.7 Å². The van der Waals surface area contributed by atoms with E-state index in [0.717, 1.165) is 17.2 Å². The third kappa shape index (κ3) is 1.32. The maximum Gasteiger partial charge on any atom is 0.183 e. The topological polar surface area (TPSA) is 24.9 Å². The van der Waals surface area contributed by atoms with Gasteiger partial charge in [0, 0.05) is 28.4 Å². The Balaban J connectivity index is 2.21. The van der Waals surface area contributed by atoms with Gasteiger partial charge in [0.1, 0.15) is 0 Å². The molecule has 0 saturated heterocycles. The Hall–Kier alpha value is -0.870. The van der Waals surface area contributed by atoms with Crippen LogP contribution in [-0.4, -0.2) is 12.0 Å². The van der Waals surface area contributed by atoms with Crippen LogP contribution in [0.5, 0.6) is 0 Å². The van der Waals surface area contributed by atoms with Crippen molar-refractivity contribution in [2.45, 2.75) is 6.42 Å². The lowest BCUT2D eigenvalue weighted by atomic mass is 10.1. The van der Waals surface area contributed by atoms with Crippen molar-refractivity contribution in [3.63, 3.8) is 0 Å². The van der Waals surface area contributed by atoms with E-state index in [2.05, 4.69) is 44.4 Å². The first-order valence-corrected chi connectivity index (χ1v) is 6.36. The fourth-order valence-corrected chi connectivity index (χ4v) is 3.36. The lowest BCUT2D eigenvalue weighted by Crippen LogP contribution is -1.87. The van der Waals surface area contributed by atoms with Crippen LogP contribution < -0.4 is 5.32 Å². The highest BCUT2D eigenvalue weighted by molar-refractivity contribution is 9.10. The zero-order valence-corrected chi connectivity index (χ0v) is 10.6. The fraction of sp³-hybridized carbons (Fsp3) is 0.182. The standard InChI is InChI=1S/C11H9BrN2S/c1-13-11-14-10-6-3-2-4-8(12)7(6)5-9(10)15-11/h2-4H,5H2,1H3,(H,13,14). The summed E-state index contributed by atoms with van der Waals surface area (Å²) < 4.78 is 1.19. The predicted molar refractivity (Wildman–Crippen MR) is 67.6 cm³/mol. The molecule has 0 atom stereocenters. The van der Waals surface area contributed by atoms with Crippen molar-refractivity contribution in [3.8, 4) is 11.3 Å². The Bertz CT molecular complexity index is 533. The van der Waals surface area contributed by atoms with Gasteiger partial charge in [-0.05, 0) is 11.6 Å². The van der Waals surface area contributed by atoms with Gasteiger partial charge >= 0.3 is 0 Å². The van der Waals surface area contributed by atoms with Crippen molar-refractivity contribution in [1.82, 2.24) is 4.98 Å². The van der Waals surface area contributed by atoms with Crippen molar-refractivity contribution in [2.24, 2.45) is 0 Å². The largest absolute Gasteiger partial charge is 0.365 e. The minimum atomic E-state index is 1.01. The molecule has 1 N–H and O–H groups in total. The van der Waals surface area contributed by atoms with Gasteiger partial charge in [0.05, 0.1) is 5.69 Å². The molecule has 0 saturated carbocycles. The van der Waals surface area contributed by atoms with Gasteiger partial charge < -0.3 is 5.32 Å². The Labute approximate surface area is 100 Å². The molecule has 0 aliphatic heterocycles. The zero-order chi connectivity index (χ0) is 10.4. The average Bonchev–Trinajstić information content (AvgIpc) is 2.76. The van der Waals surface area contributed by atoms with Crippen LogP contribution in [-0.2, 0) is 6.42 Å². The van der Waals surface area contributed by atoms with Crippen LogP contribution in [0.1, 0.15) is 10.4 Å². The number of aromatic nitrogens is 1. The molecule has 1 aromatic carbocycles. The number of hydrogen-bond acceptors (Lipinski definition) is 3. The van der Waals surface area contributed by atoms with E-state index < -0.39 is 0 Å². The molecular formula is C11H9BrN2S. The molecule has 1 aliphatic rings. The van der Waals surface area contributed by atoms with Crippen molar-refractivity contribution in [1.29, 1.82) is 0 Å². The van der Waals surface area contributed by atoms with E-state index in [1.807, 2.05) is 7.05 Å². The summed E-state index contributed by atoms with van der Waals surface area (Å²) in [5.41, 5.74) is 3.80. The van der Waals surface area contributed by atoms with Gasteiger partial charge in [-0.1, -0.05) is 28.1 Å². The molecule has 0 radical (unpaired) electrons. The minimum Gasteiger partial charge on any atom is -0.365 e. The zero-order valence-electron chi connectivity index (χ0n) is 8.17. The first-order valence-electron chi connectivity index (χ1n) is 4.75. The molecule has 4 heteroatoms. The van der Waals surface area contributed by atoms with Gasteiger partial charge in [-0.25, -0.2) is 4.98 Å². The van der Waals surface area contributed by atoms with E-state index in [0.29, 0.717) is 0 Å². The van der Waals surface area contributed by atoms with Gasteiger partial charge in [0.15, 0.2) is 5.13 Å². The van der Waals surface area contributed by atoms with E-state index in [9.17, 15) is 0 Å². The van der Waals surface area contributed by atoms with Crippen LogP contribution in [0.2, 0.25) is 0 Å². The molecule has 3 rings (SSSR count). The first kappa shape index (κ1) is 9.36. The minimum absolute atomic E-state index is 1.01. The van der Waals surface area contributed by atoms with Crippen LogP contribution in [0.4, 0.5) is 5.13 Å². The summed E-state index contributed by atoms with van der Waals surface area (Å²) in [6.07, 6.45) is 1.01. The highest BCUT2D eigenvalue weighted by Gasteiger charge is 2.24. The summed E-state index contributed by atoms with van der Waals surface area (Å²) in [5, 5.41) is 4.10. The van der Waals surface area contributed by atoms with E-state index in [4.69, 9.17) is 0 Å². The molecule has 0 amide bonds. The van der Waals surface area contributed by atoms with Crippen LogP contribution in [0.3, 0.4) is 0 Å². The summed E-state index contributed by atoms with van der Waals surface area (Å²) in [4.78, 5) is 5.94. The van der Waals surface area contributed by atoms with Gasteiger partial charge in [0.2, 0.25) is 0 Å². The summed E-state index contributed by atoms with van der Waals surface area (Å²) >= 11 is 5.33. The van der Waals surface area contributed by atoms with Gasteiger partial charge in [0.25, 0.3) is 0 Å². The molecule has 0 bridgehead atoms. The molecule has 2 nitrogen and oxygen atoms in total. The number of thiazole rings is 1. The van der Waals surface area contributed by atoms with E-state index >= 15 is 0 Å². The van der Waals surface area contributed by atoms with E-state index in [1.54, 1.807) is 11.3 Å². The molecule has 0 spiro atoms. The Morgan fingerprint density at radius 3 is 3.13 bits per heavy atom. The summed E-state index contributed by atoms with van der Waals surface area (Å²) in [6.45, 7) is 0.